The van der Waals surface area contributed by atoms with Gasteiger partial charge in [0.1, 0.15) is 0 Å². The van der Waals surface area contributed by atoms with Crippen molar-refractivity contribution in [3.8, 4) is 11.8 Å². The largest absolute Gasteiger partial charge is 1.00 e. The average Bonchev–Trinajstić information content (AvgIpc) is 2.91. The Kier molecular flexibility index (Phi) is 5.10. The first-order chi connectivity index (χ1) is 10.3. The van der Waals surface area contributed by atoms with Crippen LogP contribution in [0.3, 0.4) is 0 Å². The van der Waals surface area contributed by atoms with E-state index in [0.29, 0.717) is 5.82 Å². The molecular formula is C16H16ClN5. The molecule has 0 unspecified atom stereocenters. The molecule has 0 bridgehead atoms. The van der Waals surface area contributed by atoms with E-state index in [9.17, 15) is 0 Å². The van der Waals surface area contributed by atoms with Crippen LogP contribution in [0.2, 0.25) is 0 Å². The van der Waals surface area contributed by atoms with E-state index in [1.165, 1.54) is 5.56 Å². The summed E-state index contributed by atoms with van der Waals surface area (Å²) >= 11 is 0. The second-order valence-corrected chi connectivity index (χ2v) is 4.63. The van der Waals surface area contributed by atoms with Crippen molar-refractivity contribution in [2.45, 2.75) is 13.5 Å². The van der Waals surface area contributed by atoms with Crippen molar-refractivity contribution >= 4 is 17.0 Å². The van der Waals surface area contributed by atoms with Gasteiger partial charge >= 0.3 is 0 Å². The molecule has 0 aliphatic rings. The minimum absolute atomic E-state index is 0. The van der Waals surface area contributed by atoms with Gasteiger partial charge in [0.05, 0.1) is 19.9 Å². The van der Waals surface area contributed by atoms with Crippen molar-refractivity contribution in [3.63, 3.8) is 0 Å². The van der Waals surface area contributed by atoms with E-state index in [0.717, 1.165) is 23.5 Å². The molecule has 0 fully saturated rings. The van der Waals surface area contributed by atoms with Crippen LogP contribution < -0.4 is 17.7 Å². The summed E-state index contributed by atoms with van der Waals surface area (Å²) in [4.78, 5) is 13.4. The standard InChI is InChI=1S/C16H15N5.ClH/c1-3-7-13-19-15(17-2)14-16(20-13)21(11-18-14)10-12-8-5-4-6-9-12;/h4-6,8-9,11H,10H2,1-2H3,(H,17,19,20);1H. The van der Waals surface area contributed by atoms with Crippen LogP contribution in [0, 0.1) is 11.8 Å². The molecule has 112 valence electrons. The van der Waals surface area contributed by atoms with Crippen molar-refractivity contribution in [2.75, 3.05) is 7.05 Å². The van der Waals surface area contributed by atoms with Crippen LogP contribution in [0.15, 0.2) is 36.7 Å². The minimum Gasteiger partial charge on any atom is -1.00 e. The third-order valence-corrected chi connectivity index (χ3v) is 3.20. The molecule has 22 heavy (non-hydrogen) atoms. The SMILES string of the molecule is CC#Cc1nc([NH2+]C)c2ncn(Cc3ccccc3)c2n1.[Cl-]. The summed E-state index contributed by atoms with van der Waals surface area (Å²) in [6.45, 7) is 2.51. The monoisotopic (exact) mass is 313 g/mol. The number of nitrogens with two attached hydrogens (primary N) is 1. The molecule has 0 aliphatic carbocycles. The topological polar surface area (TPSA) is 60.2 Å². The van der Waals surface area contributed by atoms with Crippen molar-refractivity contribution in [1.82, 2.24) is 19.5 Å². The van der Waals surface area contributed by atoms with Crippen LogP contribution in [-0.4, -0.2) is 26.6 Å². The summed E-state index contributed by atoms with van der Waals surface area (Å²) in [5.41, 5.74) is 2.84. The van der Waals surface area contributed by atoms with Crippen molar-refractivity contribution in [3.05, 3.63) is 48.0 Å². The quantitative estimate of drug-likeness (QED) is 0.573. The minimum atomic E-state index is 0. The van der Waals surface area contributed by atoms with Crippen LogP contribution in [0.25, 0.3) is 11.2 Å². The Morgan fingerprint density at radius 3 is 2.64 bits per heavy atom. The highest BCUT2D eigenvalue weighted by Crippen LogP contribution is 2.16. The Hall–Kier alpha value is -2.42. The molecule has 5 nitrogen and oxygen atoms in total. The summed E-state index contributed by atoms with van der Waals surface area (Å²) in [5.74, 6) is 7.12. The highest BCUT2D eigenvalue weighted by Gasteiger charge is 2.14. The zero-order chi connectivity index (χ0) is 14.7. The first-order valence-corrected chi connectivity index (χ1v) is 6.80. The summed E-state index contributed by atoms with van der Waals surface area (Å²) in [7, 11) is 1.95. The third kappa shape index (κ3) is 3.08. The van der Waals surface area contributed by atoms with E-state index in [1.807, 2.05) is 41.5 Å². The summed E-state index contributed by atoms with van der Waals surface area (Å²) in [6.07, 6.45) is 1.81. The van der Waals surface area contributed by atoms with Gasteiger partial charge in [0.15, 0.2) is 11.2 Å². The highest BCUT2D eigenvalue weighted by atomic mass is 35.5. The Morgan fingerprint density at radius 1 is 1.18 bits per heavy atom. The molecule has 0 amide bonds. The average molecular weight is 314 g/mol. The van der Waals surface area contributed by atoms with Gasteiger partial charge in [-0.25, -0.2) is 9.97 Å². The van der Waals surface area contributed by atoms with E-state index in [1.54, 1.807) is 6.92 Å². The predicted molar refractivity (Wildman–Crippen MR) is 80.9 cm³/mol. The molecule has 0 aliphatic heterocycles. The lowest BCUT2D eigenvalue weighted by Gasteiger charge is -2.04. The van der Waals surface area contributed by atoms with Crippen molar-refractivity contribution in [2.24, 2.45) is 0 Å². The number of rotatable bonds is 3. The van der Waals surface area contributed by atoms with Crippen LogP contribution in [0.1, 0.15) is 18.3 Å². The fourth-order valence-corrected chi connectivity index (χ4v) is 2.23. The molecule has 3 aromatic rings. The maximum Gasteiger partial charge on any atom is 0.256 e. The normalized spacial score (nSPS) is 9.91. The molecule has 0 radical (unpaired) electrons. The molecule has 2 aromatic heterocycles. The Morgan fingerprint density at radius 2 is 1.95 bits per heavy atom. The molecule has 3 rings (SSSR count). The molecule has 2 heterocycles. The van der Waals surface area contributed by atoms with Crippen LogP contribution in [-0.2, 0) is 6.54 Å². The Balaban J connectivity index is 0.00000176. The van der Waals surface area contributed by atoms with Gasteiger partial charge < -0.3 is 17.0 Å². The Bertz CT molecular complexity index is 830. The summed E-state index contributed by atoms with van der Waals surface area (Å²) in [5, 5.41) is 1.94. The lowest BCUT2D eigenvalue weighted by molar-refractivity contribution is -0.541. The van der Waals surface area contributed by atoms with Gasteiger partial charge in [-0.1, -0.05) is 36.3 Å². The van der Waals surface area contributed by atoms with Gasteiger partial charge in [0.2, 0.25) is 5.82 Å². The lowest BCUT2D eigenvalue weighted by Crippen LogP contribution is -3.00. The number of quaternary nitrogens is 1. The fourth-order valence-electron chi connectivity index (χ4n) is 2.23. The summed E-state index contributed by atoms with van der Waals surface area (Å²) in [6, 6.07) is 10.3. The Labute approximate surface area is 135 Å². The number of benzene rings is 1. The zero-order valence-electron chi connectivity index (χ0n) is 12.4. The molecule has 0 atom stereocenters. The number of imidazole rings is 1. The molecule has 6 heteroatoms. The molecule has 2 N–H and O–H groups in total. The molecular weight excluding hydrogens is 298 g/mol. The third-order valence-electron chi connectivity index (χ3n) is 3.20. The maximum atomic E-state index is 4.53. The van der Waals surface area contributed by atoms with Gasteiger partial charge in [-0.05, 0) is 18.4 Å². The van der Waals surface area contributed by atoms with Crippen LogP contribution in [0.4, 0.5) is 5.82 Å². The van der Waals surface area contributed by atoms with Gasteiger partial charge in [-0.15, -0.1) is 0 Å². The fraction of sp³-hybridized carbons (Fsp3) is 0.188. The highest BCUT2D eigenvalue weighted by molar-refractivity contribution is 5.79. The number of aromatic nitrogens is 4. The first kappa shape index (κ1) is 16.0. The number of nitrogens with zero attached hydrogens (tertiary/aromatic N) is 4. The van der Waals surface area contributed by atoms with Gasteiger partial charge in [0, 0.05) is 0 Å². The van der Waals surface area contributed by atoms with Crippen molar-refractivity contribution < 1.29 is 17.7 Å². The van der Waals surface area contributed by atoms with Crippen LogP contribution in [0.5, 0.6) is 0 Å². The maximum absolute atomic E-state index is 4.53. The molecule has 0 saturated heterocycles. The first-order valence-electron chi connectivity index (χ1n) is 6.80. The second kappa shape index (κ2) is 7.03. The second-order valence-electron chi connectivity index (χ2n) is 4.63. The molecule has 0 spiro atoms. The van der Waals surface area contributed by atoms with Crippen LogP contribution >= 0.6 is 0 Å². The van der Waals surface area contributed by atoms with Crippen molar-refractivity contribution in [1.29, 1.82) is 0 Å². The van der Waals surface area contributed by atoms with Gasteiger partial charge in [-0.3, -0.25) is 5.32 Å². The predicted octanol–water partition coefficient (Wildman–Crippen LogP) is -1.93. The molecule has 0 saturated carbocycles. The van der Waals surface area contributed by atoms with Gasteiger partial charge in [-0.2, -0.15) is 4.98 Å². The summed E-state index contributed by atoms with van der Waals surface area (Å²) < 4.78 is 2.03. The van der Waals surface area contributed by atoms with E-state index < -0.39 is 0 Å². The number of hydrogen-bond donors (Lipinski definition) is 1. The van der Waals surface area contributed by atoms with Gasteiger partial charge in [0.25, 0.3) is 5.82 Å². The number of halogens is 1. The number of fused-ring (bicyclic) bond motifs is 1. The lowest BCUT2D eigenvalue weighted by atomic mass is 10.2. The molecule has 1 aromatic carbocycles. The van der Waals surface area contributed by atoms with E-state index in [2.05, 4.69) is 38.9 Å². The zero-order valence-corrected chi connectivity index (χ0v) is 13.2. The van der Waals surface area contributed by atoms with E-state index in [-0.39, 0.29) is 12.4 Å². The smallest absolute Gasteiger partial charge is 0.256 e. The van der Waals surface area contributed by atoms with E-state index >= 15 is 0 Å². The van der Waals surface area contributed by atoms with E-state index in [4.69, 9.17) is 0 Å². The number of hydrogen-bond acceptors (Lipinski definition) is 3.